The monoisotopic (exact) mass is 452 g/mol. The van der Waals surface area contributed by atoms with E-state index in [0.29, 0.717) is 25.5 Å². The van der Waals surface area contributed by atoms with Gasteiger partial charge < -0.3 is 10.2 Å². The summed E-state index contributed by atoms with van der Waals surface area (Å²) in [4.78, 5) is 6.86. The molecule has 0 saturated carbocycles. The average Bonchev–Trinajstić information content (AvgIpc) is 3.38. The number of nitriles is 1. The van der Waals surface area contributed by atoms with E-state index in [-0.39, 0.29) is 5.54 Å². The first-order chi connectivity index (χ1) is 14.1. The van der Waals surface area contributed by atoms with Crippen LogP contribution in [0.1, 0.15) is 12.1 Å². The van der Waals surface area contributed by atoms with Crippen molar-refractivity contribution in [3.63, 3.8) is 0 Å². The van der Waals surface area contributed by atoms with E-state index in [0.717, 1.165) is 27.2 Å². The molecule has 5 heterocycles. The van der Waals surface area contributed by atoms with Gasteiger partial charge in [-0.3, -0.25) is 9.78 Å². The summed E-state index contributed by atoms with van der Waals surface area (Å²) in [6.07, 6.45) is 7.63. The van der Waals surface area contributed by atoms with Gasteiger partial charge in [-0.1, -0.05) is 0 Å². The molecule has 0 unspecified atom stereocenters. The van der Waals surface area contributed by atoms with Crippen LogP contribution in [0.25, 0.3) is 5.65 Å². The van der Waals surface area contributed by atoms with Gasteiger partial charge in [-0.05, 0) is 35.0 Å². The number of aryl methyl sites for hydroxylation is 1. The zero-order chi connectivity index (χ0) is 20.0. The van der Waals surface area contributed by atoms with E-state index in [9.17, 15) is 5.26 Å². The molecule has 0 spiro atoms. The van der Waals surface area contributed by atoms with Crippen molar-refractivity contribution in [1.82, 2.24) is 34.6 Å². The van der Waals surface area contributed by atoms with Gasteiger partial charge in [-0.15, -0.1) is 5.10 Å². The number of anilines is 3. The lowest BCUT2D eigenvalue weighted by Crippen LogP contribution is -2.63. The Balaban J connectivity index is 1.44. The molecule has 0 aliphatic carbocycles. The summed E-state index contributed by atoms with van der Waals surface area (Å²) >= 11 is 3.44. The number of nitrogens with one attached hydrogen (secondary N) is 2. The van der Waals surface area contributed by atoms with Crippen LogP contribution in [0.15, 0.2) is 41.4 Å². The number of aromatic amines is 1. The smallest absolute Gasteiger partial charge is 0.247 e. The van der Waals surface area contributed by atoms with Crippen molar-refractivity contribution in [2.24, 2.45) is 0 Å². The second kappa shape index (κ2) is 6.59. The summed E-state index contributed by atoms with van der Waals surface area (Å²) in [5, 5.41) is 28.4. The predicted octanol–water partition coefficient (Wildman–Crippen LogP) is 2.59. The fourth-order valence-electron chi connectivity index (χ4n) is 3.67. The van der Waals surface area contributed by atoms with E-state index in [1.807, 2.05) is 36.1 Å². The highest BCUT2D eigenvalue weighted by atomic mass is 79.9. The molecule has 0 atom stereocenters. The van der Waals surface area contributed by atoms with Gasteiger partial charge in [0.2, 0.25) is 5.95 Å². The Bertz CT molecular complexity index is 1220. The number of fused-ring (bicyclic) bond motifs is 1. The minimum Gasteiger partial charge on any atom is -0.363 e. The molecule has 1 aliphatic heterocycles. The maximum Gasteiger partial charge on any atom is 0.247 e. The minimum atomic E-state index is -0.345. The van der Waals surface area contributed by atoms with Gasteiger partial charge in [0.15, 0.2) is 5.65 Å². The fraction of sp³-hybridized carbons (Fsp3) is 0.278. The van der Waals surface area contributed by atoms with Gasteiger partial charge in [0.1, 0.15) is 5.54 Å². The number of rotatable bonds is 5. The molecule has 1 saturated heterocycles. The molecule has 29 heavy (non-hydrogen) atoms. The molecule has 11 heteroatoms. The highest BCUT2D eigenvalue weighted by Crippen LogP contribution is 2.37. The molecule has 0 radical (unpaired) electrons. The zero-order valence-electron chi connectivity index (χ0n) is 15.5. The van der Waals surface area contributed by atoms with Crippen LogP contribution >= 0.6 is 15.9 Å². The van der Waals surface area contributed by atoms with Gasteiger partial charge in [0.25, 0.3) is 0 Å². The van der Waals surface area contributed by atoms with Gasteiger partial charge in [0, 0.05) is 25.5 Å². The number of hydrogen-bond acceptors (Lipinski definition) is 7. The molecule has 2 N–H and O–H groups in total. The summed E-state index contributed by atoms with van der Waals surface area (Å²) in [6.45, 7) is 3.27. The number of aromatic nitrogens is 7. The first-order valence-corrected chi connectivity index (χ1v) is 9.82. The fourth-order valence-corrected chi connectivity index (χ4v) is 3.95. The molecule has 1 fully saturated rings. The lowest BCUT2D eigenvalue weighted by Gasteiger charge is -2.50. The molecule has 0 amide bonds. The van der Waals surface area contributed by atoms with Crippen molar-refractivity contribution >= 4 is 38.9 Å². The van der Waals surface area contributed by atoms with Crippen LogP contribution in [-0.4, -0.2) is 47.7 Å². The third-order valence-corrected chi connectivity index (χ3v) is 5.58. The largest absolute Gasteiger partial charge is 0.363 e. The molecule has 1 aliphatic rings. The first kappa shape index (κ1) is 17.7. The molecule has 10 nitrogen and oxygen atoms in total. The van der Waals surface area contributed by atoms with E-state index in [4.69, 9.17) is 0 Å². The molecule has 0 bridgehead atoms. The second-order valence-electron chi connectivity index (χ2n) is 7.15. The van der Waals surface area contributed by atoms with Crippen molar-refractivity contribution in [2.45, 2.75) is 18.9 Å². The van der Waals surface area contributed by atoms with Crippen molar-refractivity contribution < 1.29 is 0 Å². The number of pyridine rings is 1. The number of halogens is 1. The second-order valence-corrected chi connectivity index (χ2v) is 8.06. The third-order valence-electron chi connectivity index (χ3n) is 5.17. The summed E-state index contributed by atoms with van der Waals surface area (Å²) in [5.41, 5.74) is 3.13. The summed E-state index contributed by atoms with van der Waals surface area (Å²) < 4.78 is 4.54. The van der Waals surface area contributed by atoms with Crippen molar-refractivity contribution in [3.05, 3.63) is 47.1 Å². The van der Waals surface area contributed by atoms with Gasteiger partial charge in [-0.2, -0.15) is 20.4 Å². The van der Waals surface area contributed by atoms with E-state index in [2.05, 4.69) is 57.6 Å². The average molecular weight is 453 g/mol. The molecular weight excluding hydrogens is 436 g/mol. The molecule has 0 aromatic carbocycles. The highest BCUT2D eigenvalue weighted by molar-refractivity contribution is 9.10. The summed E-state index contributed by atoms with van der Waals surface area (Å²) in [6, 6.07) is 6.27. The lowest BCUT2D eigenvalue weighted by molar-refractivity contribution is 0.198. The van der Waals surface area contributed by atoms with Crippen LogP contribution in [0.5, 0.6) is 0 Å². The van der Waals surface area contributed by atoms with Crippen molar-refractivity contribution in [1.29, 1.82) is 5.26 Å². The Morgan fingerprint density at radius 2 is 2.24 bits per heavy atom. The Labute approximate surface area is 174 Å². The Morgan fingerprint density at radius 1 is 1.38 bits per heavy atom. The van der Waals surface area contributed by atoms with E-state index < -0.39 is 0 Å². The third kappa shape index (κ3) is 2.92. The highest BCUT2D eigenvalue weighted by Gasteiger charge is 2.46. The topological polar surface area (TPSA) is 116 Å². The standard InChI is InChI=1S/C18H17BrN10/c1-12-14(8-21-25-12)23-17-24-16-15(3-2-6-28(16)26-17)27-10-18(11-27,4-5-20)29-9-13(19)7-22-29/h2-3,6-9H,4,10-11H2,1H3,(H,21,25)(H,23,26). The first-order valence-electron chi connectivity index (χ1n) is 9.03. The molecule has 4 aromatic heterocycles. The van der Waals surface area contributed by atoms with Crippen LogP contribution in [0.3, 0.4) is 0 Å². The number of H-pyrrole nitrogens is 1. The van der Waals surface area contributed by atoms with Crippen LogP contribution in [0, 0.1) is 18.3 Å². The van der Waals surface area contributed by atoms with E-state index >= 15 is 0 Å². The molecular formula is C18H17BrN10. The maximum absolute atomic E-state index is 9.35. The lowest BCUT2D eigenvalue weighted by atomic mass is 9.86. The molecule has 4 aromatic rings. The predicted molar refractivity (Wildman–Crippen MR) is 110 cm³/mol. The van der Waals surface area contributed by atoms with Crippen LogP contribution in [0.4, 0.5) is 17.3 Å². The summed E-state index contributed by atoms with van der Waals surface area (Å²) in [5.74, 6) is 0.502. The van der Waals surface area contributed by atoms with Gasteiger partial charge >= 0.3 is 0 Å². The van der Waals surface area contributed by atoms with Crippen molar-refractivity contribution in [2.75, 3.05) is 23.3 Å². The minimum absolute atomic E-state index is 0.345. The van der Waals surface area contributed by atoms with Crippen LogP contribution in [0.2, 0.25) is 0 Å². The molecule has 5 rings (SSSR count). The normalized spacial score (nSPS) is 15.3. The Hall–Kier alpha value is -3.39. The van der Waals surface area contributed by atoms with Crippen LogP contribution < -0.4 is 10.2 Å². The van der Waals surface area contributed by atoms with Crippen LogP contribution in [-0.2, 0) is 5.54 Å². The Kier molecular flexibility index (Phi) is 4.02. The van der Waals surface area contributed by atoms with E-state index in [1.165, 1.54) is 0 Å². The zero-order valence-corrected chi connectivity index (χ0v) is 17.1. The van der Waals surface area contributed by atoms with Gasteiger partial charge in [0.05, 0.1) is 46.4 Å². The maximum atomic E-state index is 9.35. The molecule has 146 valence electrons. The number of nitrogens with zero attached hydrogens (tertiary/aromatic N) is 8. The Morgan fingerprint density at radius 3 is 2.93 bits per heavy atom. The SMILES string of the molecule is Cc1[nH]ncc1Nc1nc2c(N3CC(CC#N)(n4cc(Br)cn4)C3)cccn2n1. The van der Waals surface area contributed by atoms with Gasteiger partial charge in [-0.25, -0.2) is 4.52 Å². The van der Waals surface area contributed by atoms with E-state index in [1.54, 1.807) is 16.9 Å². The summed E-state index contributed by atoms with van der Waals surface area (Å²) in [7, 11) is 0. The quantitative estimate of drug-likeness (QED) is 0.477. The van der Waals surface area contributed by atoms with Crippen molar-refractivity contribution in [3.8, 4) is 6.07 Å². The number of hydrogen-bond donors (Lipinski definition) is 2.